The first kappa shape index (κ1) is 23.9. The van der Waals surface area contributed by atoms with E-state index in [1.54, 1.807) is 50.5 Å². The van der Waals surface area contributed by atoms with Crippen molar-refractivity contribution in [2.75, 3.05) is 13.2 Å². The number of pyridine rings is 2. The molecule has 168 valence electrons. The molecule has 4 heterocycles. The molecule has 0 aromatic carbocycles. The minimum atomic E-state index is -0.655. The summed E-state index contributed by atoms with van der Waals surface area (Å²) in [5, 5.41) is 0. The predicted octanol–water partition coefficient (Wildman–Crippen LogP) is 6.04. The molecule has 4 rings (SSSR count). The van der Waals surface area contributed by atoms with E-state index in [1.165, 1.54) is 20.9 Å². The van der Waals surface area contributed by atoms with Gasteiger partial charge in [-0.1, -0.05) is 0 Å². The molecule has 0 N–H and O–H groups in total. The first-order valence-corrected chi connectivity index (χ1v) is 11.1. The maximum absolute atomic E-state index is 13.6. The lowest BCUT2D eigenvalue weighted by Crippen LogP contribution is -2.09. The number of hydrogen-bond donors (Lipinski definition) is 0. The van der Waals surface area contributed by atoms with E-state index < -0.39 is 23.6 Å². The van der Waals surface area contributed by atoms with Gasteiger partial charge in [0.2, 0.25) is 0 Å². The van der Waals surface area contributed by atoms with Crippen LogP contribution >= 0.6 is 31.9 Å². The van der Waals surface area contributed by atoms with Crippen LogP contribution in [-0.4, -0.2) is 34.0 Å². The van der Waals surface area contributed by atoms with E-state index in [4.69, 9.17) is 9.47 Å². The molecule has 6 nitrogen and oxygen atoms in total. The molecule has 0 aliphatic heterocycles. The Hall–Kier alpha value is -2.72. The quantitative estimate of drug-likeness (QED) is 0.280. The van der Waals surface area contributed by atoms with Crippen molar-refractivity contribution < 1.29 is 27.8 Å². The number of carbonyl (C=O) groups is 2. The van der Waals surface area contributed by atoms with E-state index in [0.29, 0.717) is 11.0 Å². The summed E-state index contributed by atoms with van der Waals surface area (Å²) < 4.78 is 41.2. The van der Waals surface area contributed by atoms with Gasteiger partial charge >= 0.3 is 11.9 Å². The van der Waals surface area contributed by atoms with Gasteiger partial charge in [-0.05, 0) is 70.0 Å². The summed E-state index contributed by atoms with van der Waals surface area (Å²) in [6.07, 6.45) is 3.25. The number of hydrogen-bond acceptors (Lipinski definition) is 4. The topological polar surface area (TPSA) is 61.4 Å². The maximum Gasteiger partial charge on any atom is 0.358 e. The average molecular weight is 572 g/mol. The molecule has 0 amide bonds. The van der Waals surface area contributed by atoms with Crippen LogP contribution in [0.1, 0.15) is 34.8 Å². The fourth-order valence-corrected chi connectivity index (χ4v) is 3.83. The van der Waals surface area contributed by atoms with Crippen LogP contribution in [0.25, 0.3) is 11.0 Å². The highest BCUT2D eigenvalue weighted by molar-refractivity contribution is 9.11. The van der Waals surface area contributed by atoms with Crippen LogP contribution in [0.4, 0.5) is 8.78 Å². The van der Waals surface area contributed by atoms with Gasteiger partial charge in [0, 0.05) is 39.0 Å². The Labute approximate surface area is 199 Å². The molecule has 32 heavy (non-hydrogen) atoms. The van der Waals surface area contributed by atoms with Crippen molar-refractivity contribution in [1.29, 1.82) is 0 Å². The van der Waals surface area contributed by atoms with Crippen LogP contribution in [0.5, 0.6) is 0 Å². The summed E-state index contributed by atoms with van der Waals surface area (Å²) in [4.78, 5) is 23.1. The molecule has 4 aromatic rings. The summed E-state index contributed by atoms with van der Waals surface area (Å²) in [5.41, 5.74) is 1.07. The minimum absolute atomic E-state index is 0.0712. The second-order valence-corrected chi connectivity index (χ2v) is 8.15. The van der Waals surface area contributed by atoms with Crippen LogP contribution < -0.4 is 0 Å². The van der Waals surface area contributed by atoms with Gasteiger partial charge in [-0.25, -0.2) is 18.4 Å². The van der Waals surface area contributed by atoms with Crippen molar-refractivity contribution in [3.8, 4) is 0 Å². The summed E-state index contributed by atoms with van der Waals surface area (Å²) in [5.74, 6) is -2.46. The van der Waals surface area contributed by atoms with Gasteiger partial charge in [-0.3, -0.25) is 0 Å². The largest absolute Gasteiger partial charge is 0.461 e. The summed E-state index contributed by atoms with van der Waals surface area (Å²) in [7, 11) is 0. The van der Waals surface area contributed by atoms with Crippen molar-refractivity contribution in [2.24, 2.45) is 0 Å². The van der Waals surface area contributed by atoms with E-state index in [-0.39, 0.29) is 24.6 Å². The normalized spacial score (nSPS) is 10.7. The van der Waals surface area contributed by atoms with Gasteiger partial charge in [0.15, 0.2) is 23.0 Å². The molecular weight excluding hydrogens is 554 g/mol. The lowest BCUT2D eigenvalue weighted by Gasteiger charge is -2.03. The van der Waals surface area contributed by atoms with Crippen molar-refractivity contribution in [2.45, 2.75) is 13.8 Å². The molecule has 0 saturated heterocycles. The zero-order valence-corrected chi connectivity index (χ0v) is 20.2. The Balaban J connectivity index is 0.000000181. The highest BCUT2D eigenvalue weighted by Crippen LogP contribution is 2.23. The van der Waals surface area contributed by atoms with E-state index in [2.05, 4.69) is 31.9 Å². The summed E-state index contributed by atoms with van der Waals surface area (Å²) in [6.45, 7) is 3.81. The van der Waals surface area contributed by atoms with Gasteiger partial charge in [0.25, 0.3) is 0 Å². The number of nitrogens with zero attached hydrogens (tertiary/aromatic N) is 2. The van der Waals surface area contributed by atoms with Crippen LogP contribution in [0, 0.1) is 11.6 Å². The Morgan fingerprint density at radius 2 is 1.50 bits per heavy atom. The van der Waals surface area contributed by atoms with Gasteiger partial charge in [-0.2, -0.15) is 0 Å². The molecule has 0 radical (unpaired) electrons. The number of halogens is 4. The van der Waals surface area contributed by atoms with Gasteiger partial charge < -0.3 is 18.3 Å². The number of esters is 2. The van der Waals surface area contributed by atoms with E-state index in [0.717, 1.165) is 8.95 Å². The Bertz CT molecular complexity index is 1280. The molecule has 10 heteroatoms. The third kappa shape index (κ3) is 4.86. The lowest BCUT2D eigenvalue weighted by molar-refractivity contribution is 0.0503. The van der Waals surface area contributed by atoms with Gasteiger partial charge in [-0.15, -0.1) is 0 Å². The first-order valence-electron chi connectivity index (χ1n) is 9.53. The minimum Gasteiger partial charge on any atom is -0.461 e. The van der Waals surface area contributed by atoms with Crippen molar-refractivity contribution in [3.05, 3.63) is 80.8 Å². The molecule has 0 atom stereocenters. The third-order valence-electron chi connectivity index (χ3n) is 4.34. The van der Waals surface area contributed by atoms with E-state index in [9.17, 15) is 18.4 Å². The van der Waals surface area contributed by atoms with Crippen LogP contribution in [0.2, 0.25) is 0 Å². The first-order chi connectivity index (χ1) is 15.3. The zero-order valence-electron chi connectivity index (χ0n) is 17.1. The Kier molecular flexibility index (Phi) is 7.68. The molecule has 0 bridgehead atoms. The molecule has 4 aromatic heterocycles. The van der Waals surface area contributed by atoms with Crippen molar-refractivity contribution in [3.63, 3.8) is 0 Å². The fraction of sp³-hybridized carbons (Fsp3) is 0.182. The summed E-state index contributed by atoms with van der Waals surface area (Å²) >= 11 is 6.56. The fourth-order valence-electron chi connectivity index (χ4n) is 3.03. The van der Waals surface area contributed by atoms with Crippen molar-refractivity contribution in [1.82, 2.24) is 8.80 Å². The molecule has 0 aliphatic rings. The zero-order chi connectivity index (χ0) is 23.4. The molecular formula is C22H18Br2F2N2O4. The monoisotopic (exact) mass is 570 g/mol. The Morgan fingerprint density at radius 3 is 2.12 bits per heavy atom. The molecule has 0 spiro atoms. The molecule has 0 unspecified atom stereocenters. The van der Waals surface area contributed by atoms with Crippen LogP contribution in [-0.2, 0) is 9.47 Å². The van der Waals surface area contributed by atoms with Crippen LogP contribution in [0.15, 0.2) is 57.7 Å². The predicted molar refractivity (Wildman–Crippen MR) is 122 cm³/mol. The number of fused-ring (bicyclic) bond motifs is 2. The summed E-state index contributed by atoms with van der Waals surface area (Å²) in [6, 6.07) is 9.61. The second kappa shape index (κ2) is 10.3. The second-order valence-electron chi connectivity index (χ2n) is 6.38. The maximum atomic E-state index is 13.6. The average Bonchev–Trinajstić information content (AvgIpc) is 3.25. The molecule has 0 aliphatic carbocycles. The molecule has 0 saturated carbocycles. The number of carbonyl (C=O) groups excluding carboxylic acids is 2. The van der Waals surface area contributed by atoms with Gasteiger partial charge in [0.1, 0.15) is 0 Å². The number of aromatic nitrogens is 2. The van der Waals surface area contributed by atoms with Crippen LogP contribution in [0.3, 0.4) is 0 Å². The number of ether oxygens (including phenoxy) is 2. The number of rotatable bonds is 4. The Morgan fingerprint density at radius 1 is 0.906 bits per heavy atom. The molecule has 0 fully saturated rings. The smallest absolute Gasteiger partial charge is 0.358 e. The highest BCUT2D eigenvalue weighted by atomic mass is 79.9. The van der Waals surface area contributed by atoms with Crippen molar-refractivity contribution >= 4 is 54.8 Å². The van der Waals surface area contributed by atoms with Gasteiger partial charge in [0.05, 0.1) is 18.7 Å². The standard InChI is InChI=1S/2C11H9BrFNO2/c1-2-16-11(15)10-9(13)5-8-4-3-7(12)6-14(8)10;1-2-16-11(15)10-8(13)6-9-7(12)4-3-5-14(9)10/h2*3-6H,2H2,1H3. The highest BCUT2D eigenvalue weighted by Gasteiger charge is 2.20. The lowest BCUT2D eigenvalue weighted by atomic mass is 10.4. The van der Waals surface area contributed by atoms with E-state index in [1.807, 2.05) is 0 Å². The SMILES string of the molecule is CCOC(=O)c1c(F)cc2c(Br)cccn12.CCOC(=O)c1c(F)cc2ccc(Br)cn12. The third-order valence-corrected chi connectivity index (χ3v) is 5.48. The van der Waals surface area contributed by atoms with E-state index >= 15 is 0 Å².